The molecule has 7 heteroatoms. The van der Waals surface area contributed by atoms with E-state index in [1.54, 1.807) is 0 Å². The zero-order chi connectivity index (χ0) is 23.8. The highest BCUT2D eigenvalue weighted by Crippen LogP contribution is 2.28. The molecule has 2 aromatic carbocycles. The maximum absolute atomic E-state index is 12.9. The molecule has 2 N–H and O–H groups in total. The molecule has 33 heavy (non-hydrogen) atoms. The maximum atomic E-state index is 12.9. The molecular formula is C26H29N3O4. The van der Waals surface area contributed by atoms with Crippen molar-refractivity contribution in [2.24, 2.45) is 0 Å². The first kappa shape index (κ1) is 22.7. The minimum absolute atomic E-state index is 0.0569. The van der Waals surface area contributed by atoms with E-state index in [4.69, 9.17) is 0 Å². The van der Waals surface area contributed by atoms with Crippen LogP contribution in [0.25, 0.3) is 0 Å². The lowest BCUT2D eigenvalue weighted by Gasteiger charge is -2.29. The van der Waals surface area contributed by atoms with Gasteiger partial charge in [0.25, 0.3) is 5.91 Å². The van der Waals surface area contributed by atoms with Gasteiger partial charge in [-0.25, -0.2) is 0 Å². The molecule has 1 saturated heterocycles. The minimum atomic E-state index is -0.624. The van der Waals surface area contributed by atoms with Crippen LogP contribution in [0.4, 0.5) is 5.69 Å². The van der Waals surface area contributed by atoms with Gasteiger partial charge in [-0.15, -0.1) is 0 Å². The number of benzene rings is 2. The fraction of sp³-hybridized carbons (Fsp3) is 0.385. The summed E-state index contributed by atoms with van der Waals surface area (Å²) in [5.41, 5.74) is 4.34. The Bertz CT molecular complexity index is 1120. The van der Waals surface area contributed by atoms with Gasteiger partial charge in [-0.2, -0.15) is 0 Å². The number of nitrogens with zero attached hydrogens (tertiary/aromatic N) is 1. The van der Waals surface area contributed by atoms with E-state index in [0.717, 1.165) is 16.8 Å². The van der Waals surface area contributed by atoms with E-state index < -0.39 is 11.9 Å². The monoisotopic (exact) mass is 447 g/mol. The smallest absolute Gasteiger partial charge is 0.255 e. The van der Waals surface area contributed by atoms with Crippen LogP contribution in [-0.4, -0.2) is 34.6 Å². The van der Waals surface area contributed by atoms with Crippen molar-refractivity contribution in [1.82, 2.24) is 10.2 Å². The van der Waals surface area contributed by atoms with E-state index in [9.17, 15) is 19.2 Å². The minimum Gasteiger partial charge on any atom is -0.326 e. The molecule has 2 aromatic rings. The van der Waals surface area contributed by atoms with Gasteiger partial charge in [0.05, 0.1) is 0 Å². The Labute approximate surface area is 193 Å². The zero-order valence-electron chi connectivity index (χ0n) is 19.2. The average Bonchev–Trinajstić information content (AvgIpc) is 3.08. The number of fused-ring (bicyclic) bond motifs is 1. The van der Waals surface area contributed by atoms with Gasteiger partial charge >= 0.3 is 0 Å². The molecule has 0 bridgehead atoms. The summed E-state index contributed by atoms with van der Waals surface area (Å²) >= 11 is 0. The van der Waals surface area contributed by atoms with Crippen molar-refractivity contribution in [2.75, 3.05) is 5.32 Å². The van der Waals surface area contributed by atoms with E-state index in [2.05, 4.69) is 31.4 Å². The summed E-state index contributed by atoms with van der Waals surface area (Å²) in [5.74, 6) is -1.01. The van der Waals surface area contributed by atoms with Crippen LogP contribution in [-0.2, 0) is 32.8 Å². The van der Waals surface area contributed by atoms with Crippen molar-refractivity contribution in [2.45, 2.75) is 64.5 Å². The fourth-order valence-corrected chi connectivity index (χ4v) is 4.29. The van der Waals surface area contributed by atoms with Crippen LogP contribution in [0.2, 0.25) is 0 Å². The molecule has 1 fully saturated rings. The number of amides is 4. The Morgan fingerprint density at radius 1 is 1.09 bits per heavy atom. The van der Waals surface area contributed by atoms with Gasteiger partial charge in [-0.3, -0.25) is 24.5 Å². The van der Waals surface area contributed by atoms with Crippen molar-refractivity contribution >= 4 is 29.3 Å². The Kier molecular flexibility index (Phi) is 6.06. The molecule has 2 heterocycles. The predicted molar refractivity (Wildman–Crippen MR) is 125 cm³/mol. The number of carbonyl (C=O) groups excluding carboxylic acids is 4. The summed E-state index contributed by atoms with van der Waals surface area (Å²) in [6.07, 6.45) is 1.37. The Hall–Kier alpha value is -3.48. The van der Waals surface area contributed by atoms with Gasteiger partial charge in [0, 0.05) is 30.6 Å². The molecule has 1 atom stereocenters. The molecule has 1 unspecified atom stereocenters. The molecule has 0 aromatic heterocycles. The lowest BCUT2D eigenvalue weighted by molar-refractivity contribution is -0.137. The molecule has 4 rings (SSSR count). The Morgan fingerprint density at radius 3 is 2.48 bits per heavy atom. The first-order valence-electron chi connectivity index (χ1n) is 11.3. The van der Waals surface area contributed by atoms with E-state index in [1.807, 2.05) is 42.5 Å². The van der Waals surface area contributed by atoms with Gasteiger partial charge < -0.3 is 10.2 Å². The third kappa shape index (κ3) is 4.97. The summed E-state index contributed by atoms with van der Waals surface area (Å²) < 4.78 is 0. The van der Waals surface area contributed by atoms with E-state index in [1.165, 1.54) is 10.5 Å². The number of imide groups is 1. The molecule has 0 spiro atoms. The van der Waals surface area contributed by atoms with Crippen molar-refractivity contribution in [3.05, 3.63) is 64.7 Å². The molecule has 7 nitrogen and oxygen atoms in total. The molecule has 4 amide bonds. The zero-order valence-corrected chi connectivity index (χ0v) is 19.2. The highest BCUT2D eigenvalue weighted by atomic mass is 16.2. The van der Waals surface area contributed by atoms with Crippen LogP contribution >= 0.6 is 0 Å². The number of hydrogen-bond donors (Lipinski definition) is 2. The summed E-state index contributed by atoms with van der Waals surface area (Å²) in [6.45, 7) is 6.79. The average molecular weight is 448 g/mol. The maximum Gasteiger partial charge on any atom is 0.255 e. The molecule has 2 aliphatic rings. The first-order valence-corrected chi connectivity index (χ1v) is 11.3. The van der Waals surface area contributed by atoms with Crippen molar-refractivity contribution in [3.63, 3.8) is 0 Å². The molecule has 0 saturated carbocycles. The van der Waals surface area contributed by atoms with Gasteiger partial charge in [-0.05, 0) is 53.1 Å². The van der Waals surface area contributed by atoms with E-state index >= 15 is 0 Å². The summed E-state index contributed by atoms with van der Waals surface area (Å²) in [4.78, 5) is 50.5. The van der Waals surface area contributed by atoms with E-state index in [0.29, 0.717) is 31.4 Å². The number of aryl methyl sites for hydroxylation is 1. The second-order valence-corrected chi connectivity index (χ2v) is 9.77. The SMILES string of the molecule is CC(C)(C)c1ccc(NC(=O)CCc2ccc3c(c2)C(=O)N(C2CCC(=O)NC2=O)C3)cc1. The quantitative estimate of drug-likeness (QED) is 0.688. The second kappa shape index (κ2) is 8.81. The topological polar surface area (TPSA) is 95.6 Å². The van der Waals surface area contributed by atoms with Crippen molar-refractivity contribution in [1.29, 1.82) is 0 Å². The lowest BCUT2D eigenvalue weighted by atomic mass is 9.87. The molecule has 2 aliphatic heterocycles. The van der Waals surface area contributed by atoms with Gasteiger partial charge in [-0.1, -0.05) is 45.0 Å². The van der Waals surface area contributed by atoms with Gasteiger partial charge in [0.2, 0.25) is 17.7 Å². The van der Waals surface area contributed by atoms with Crippen LogP contribution in [0.15, 0.2) is 42.5 Å². The highest BCUT2D eigenvalue weighted by molar-refractivity contribution is 6.05. The molecule has 172 valence electrons. The number of carbonyl (C=O) groups is 4. The van der Waals surface area contributed by atoms with Crippen LogP contribution < -0.4 is 10.6 Å². The fourth-order valence-electron chi connectivity index (χ4n) is 4.29. The lowest BCUT2D eigenvalue weighted by Crippen LogP contribution is -2.52. The molecule has 0 radical (unpaired) electrons. The standard InChI is InChI=1S/C26H29N3O4/c1-26(2,3)18-7-9-19(10-8-18)27-22(30)12-5-16-4-6-17-15-29(25(33)20(17)14-16)21-11-13-23(31)28-24(21)32/h4,6-10,14,21H,5,11-13,15H2,1-3H3,(H,27,30)(H,28,31,32). The third-order valence-electron chi connectivity index (χ3n) is 6.27. The Morgan fingerprint density at radius 2 is 1.82 bits per heavy atom. The van der Waals surface area contributed by atoms with Crippen molar-refractivity contribution in [3.8, 4) is 0 Å². The second-order valence-electron chi connectivity index (χ2n) is 9.77. The number of nitrogens with one attached hydrogen (secondary N) is 2. The number of hydrogen-bond acceptors (Lipinski definition) is 4. The number of anilines is 1. The van der Waals surface area contributed by atoms with Crippen LogP contribution in [0.3, 0.4) is 0 Å². The van der Waals surface area contributed by atoms with Gasteiger partial charge in [0.1, 0.15) is 6.04 Å². The summed E-state index contributed by atoms with van der Waals surface area (Å²) in [6, 6.07) is 12.9. The molecule has 0 aliphatic carbocycles. The molecular weight excluding hydrogens is 418 g/mol. The largest absolute Gasteiger partial charge is 0.326 e. The van der Waals surface area contributed by atoms with Crippen molar-refractivity contribution < 1.29 is 19.2 Å². The highest BCUT2D eigenvalue weighted by Gasteiger charge is 2.39. The third-order valence-corrected chi connectivity index (χ3v) is 6.27. The first-order chi connectivity index (χ1) is 15.6. The van der Waals surface area contributed by atoms with Crippen LogP contribution in [0.5, 0.6) is 0 Å². The van der Waals surface area contributed by atoms with Crippen LogP contribution in [0, 0.1) is 0 Å². The van der Waals surface area contributed by atoms with E-state index in [-0.39, 0.29) is 29.6 Å². The summed E-state index contributed by atoms with van der Waals surface area (Å²) in [7, 11) is 0. The van der Waals surface area contributed by atoms with Crippen LogP contribution in [0.1, 0.15) is 67.1 Å². The normalized spacial score (nSPS) is 18.2. The number of piperidine rings is 1. The van der Waals surface area contributed by atoms with Gasteiger partial charge in [0.15, 0.2) is 0 Å². The summed E-state index contributed by atoms with van der Waals surface area (Å²) in [5, 5.41) is 5.24. The number of rotatable bonds is 5. The Balaban J connectivity index is 1.35. The predicted octanol–water partition coefficient (Wildman–Crippen LogP) is 3.32.